The molecule has 0 aromatic heterocycles. The molecule has 0 atom stereocenters. The van der Waals surface area contributed by atoms with Crippen LogP contribution in [0.1, 0.15) is 135 Å². The van der Waals surface area contributed by atoms with Crippen LogP contribution in [0.3, 0.4) is 0 Å². The molecule has 0 bridgehead atoms. The van der Waals surface area contributed by atoms with Crippen molar-refractivity contribution in [2.75, 3.05) is 11.9 Å². The zero-order valence-electron chi connectivity index (χ0n) is 23.9. The number of benzene rings is 2. The molecule has 2 nitrogen and oxygen atoms in total. The molecule has 0 aliphatic rings. The van der Waals surface area contributed by atoms with E-state index in [-0.39, 0.29) is 0 Å². The molecule has 202 valence electrons. The van der Waals surface area contributed by atoms with E-state index in [1.165, 1.54) is 107 Å². The van der Waals surface area contributed by atoms with E-state index in [1.807, 2.05) is 0 Å². The summed E-state index contributed by atoms with van der Waals surface area (Å²) in [4.78, 5) is 0. The maximum Gasteiger partial charge on any atom is 0.124 e. The van der Waals surface area contributed by atoms with E-state index in [1.54, 1.807) is 0 Å². The predicted molar refractivity (Wildman–Crippen MR) is 160 cm³/mol. The minimum Gasteiger partial charge on any atom is -0.493 e. The van der Waals surface area contributed by atoms with Gasteiger partial charge < -0.3 is 10.1 Å². The molecule has 0 saturated heterocycles. The van der Waals surface area contributed by atoms with Crippen LogP contribution in [-0.2, 0) is 12.8 Å². The van der Waals surface area contributed by atoms with Crippen LogP contribution in [0.2, 0.25) is 0 Å². The van der Waals surface area contributed by atoms with E-state index in [4.69, 9.17) is 4.74 Å². The third-order valence-corrected chi connectivity index (χ3v) is 7.18. The summed E-state index contributed by atoms with van der Waals surface area (Å²) in [6.45, 7) is 7.58. The molecule has 0 radical (unpaired) electrons. The number of hydrogen-bond donors (Lipinski definition) is 1. The monoisotopic (exact) mass is 493 g/mol. The van der Waals surface area contributed by atoms with Gasteiger partial charge in [-0.2, -0.15) is 0 Å². The van der Waals surface area contributed by atoms with Crippen molar-refractivity contribution in [3.63, 3.8) is 0 Å². The van der Waals surface area contributed by atoms with E-state index in [2.05, 4.69) is 68.6 Å². The van der Waals surface area contributed by atoms with E-state index < -0.39 is 0 Å². The Bertz CT molecular complexity index is 782. The third kappa shape index (κ3) is 13.4. The van der Waals surface area contributed by atoms with Gasteiger partial charge in [-0.25, -0.2) is 0 Å². The predicted octanol–water partition coefficient (Wildman–Crippen LogP) is 11.2. The Kier molecular flexibility index (Phi) is 16.9. The molecule has 2 rings (SSSR count). The van der Waals surface area contributed by atoms with Crippen LogP contribution >= 0.6 is 0 Å². The van der Waals surface area contributed by atoms with Crippen LogP contribution in [0.5, 0.6) is 5.75 Å². The van der Waals surface area contributed by atoms with Crippen LogP contribution in [0.15, 0.2) is 42.5 Å². The normalized spacial score (nSPS) is 11.1. The van der Waals surface area contributed by atoms with Crippen molar-refractivity contribution in [3.8, 4) is 5.75 Å². The van der Waals surface area contributed by atoms with Crippen molar-refractivity contribution < 1.29 is 4.74 Å². The minimum atomic E-state index is 0.801. The Morgan fingerprint density at radius 1 is 0.528 bits per heavy atom. The minimum absolute atomic E-state index is 0.801. The number of anilines is 2. The summed E-state index contributed by atoms with van der Waals surface area (Å²) in [6, 6.07) is 15.7. The molecule has 1 N–H and O–H groups in total. The molecule has 36 heavy (non-hydrogen) atoms. The molecule has 0 fully saturated rings. The molecule has 0 amide bonds. The van der Waals surface area contributed by atoms with Gasteiger partial charge in [-0.15, -0.1) is 0 Å². The van der Waals surface area contributed by atoms with Gasteiger partial charge in [0.25, 0.3) is 0 Å². The van der Waals surface area contributed by atoms with Gasteiger partial charge in [0.05, 0.1) is 6.61 Å². The van der Waals surface area contributed by atoms with Gasteiger partial charge in [-0.05, 0) is 61.4 Å². The highest BCUT2D eigenvalue weighted by atomic mass is 16.5. The molecule has 0 aliphatic carbocycles. The summed E-state index contributed by atoms with van der Waals surface area (Å²) in [5, 5.41) is 3.59. The van der Waals surface area contributed by atoms with Gasteiger partial charge in [0.2, 0.25) is 0 Å². The smallest absolute Gasteiger partial charge is 0.124 e. The second kappa shape index (κ2) is 20.1. The lowest BCUT2D eigenvalue weighted by atomic mass is 10.0. The van der Waals surface area contributed by atoms with Gasteiger partial charge in [0, 0.05) is 17.4 Å². The first kappa shape index (κ1) is 30.3. The first-order valence-corrected chi connectivity index (χ1v) is 15.4. The molecular formula is C34H55NO. The SMILES string of the molecule is CCCCCCCCCCCCc1ccc(Nc2ccc(CCCCCC)c(OCCCC)c2)cc1. The molecule has 0 aliphatic heterocycles. The highest BCUT2D eigenvalue weighted by Crippen LogP contribution is 2.28. The summed E-state index contributed by atoms with van der Waals surface area (Å²) in [7, 11) is 0. The van der Waals surface area contributed by atoms with Crippen LogP contribution in [-0.4, -0.2) is 6.61 Å². The van der Waals surface area contributed by atoms with E-state index in [0.717, 1.165) is 43.0 Å². The first-order valence-electron chi connectivity index (χ1n) is 15.4. The van der Waals surface area contributed by atoms with Crippen molar-refractivity contribution in [2.24, 2.45) is 0 Å². The number of unbranched alkanes of at least 4 members (excludes halogenated alkanes) is 13. The lowest BCUT2D eigenvalue weighted by molar-refractivity contribution is 0.306. The van der Waals surface area contributed by atoms with Gasteiger partial charge >= 0.3 is 0 Å². The maximum absolute atomic E-state index is 6.19. The van der Waals surface area contributed by atoms with Crippen molar-refractivity contribution in [2.45, 2.75) is 136 Å². The second-order valence-corrected chi connectivity index (χ2v) is 10.6. The van der Waals surface area contributed by atoms with Crippen molar-refractivity contribution in [1.82, 2.24) is 0 Å². The fourth-order valence-corrected chi connectivity index (χ4v) is 4.78. The Hall–Kier alpha value is -1.96. The summed E-state index contributed by atoms with van der Waals surface area (Å²) in [5.74, 6) is 1.06. The molecular weight excluding hydrogens is 438 g/mol. The maximum atomic E-state index is 6.19. The van der Waals surface area contributed by atoms with Crippen LogP contribution in [0.25, 0.3) is 0 Å². The summed E-state index contributed by atoms with van der Waals surface area (Å²) >= 11 is 0. The van der Waals surface area contributed by atoms with Gasteiger partial charge in [0.1, 0.15) is 5.75 Å². The zero-order chi connectivity index (χ0) is 25.7. The second-order valence-electron chi connectivity index (χ2n) is 10.6. The Morgan fingerprint density at radius 2 is 1.06 bits per heavy atom. The number of rotatable bonds is 22. The van der Waals surface area contributed by atoms with Gasteiger partial charge in [-0.1, -0.05) is 122 Å². The fraction of sp³-hybridized carbons (Fsp3) is 0.647. The molecule has 2 heteroatoms. The van der Waals surface area contributed by atoms with E-state index in [0.29, 0.717) is 0 Å². The van der Waals surface area contributed by atoms with Crippen LogP contribution in [0, 0.1) is 0 Å². The Balaban J connectivity index is 1.76. The lowest BCUT2D eigenvalue weighted by Crippen LogP contribution is -2.01. The number of aryl methyl sites for hydroxylation is 2. The average molecular weight is 494 g/mol. The fourth-order valence-electron chi connectivity index (χ4n) is 4.78. The molecule has 0 spiro atoms. The highest BCUT2D eigenvalue weighted by Gasteiger charge is 2.07. The first-order chi connectivity index (χ1) is 17.8. The van der Waals surface area contributed by atoms with E-state index >= 15 is 0 Å². The van der Waals surface area contributed by atoms with Crippen molar-refractivity contribution >= 4 is 11.4 Å². The molecule has 2 aromatic rings. The lowest BCUT2D eigenvalue weighted by Gasteiger charge is -2.15. The quantitative estimate of drug-likeness (QED) is 0.165. The average Bonchev–Trinajstić information content (AvgIpc) is 2.90. The largest absolute Gasteiger partial charge is 0.493 e. The van der Waals surface area contributed by atoms with Crippen molar-refractivity contribution in [3.05, 3.63) is 53.6 Å². The highest BCUT2D eigenvalue weighted by molar-refractivity contribution is 5.62. The zero-order valence-corrected chi connectivity index (χ0v) is 23.9. The summed E-state index contributed by atoms with van der Waals surface area (Å²) < 4.78 is 6.19. The van der Waals surface area contributed by atoms with Crippen molar-refractivity contribution in [1.29, 1.82) is 0 Å². The van der Waals surface area contributed by atoms with Crippen LogP contribution < -0.4 is 10.1 Å². The van der Waals surface area contributed by atoms with Gasteiger partial charge in [0.15, 0.2) is 0 Å². The molecule has 0 heterocycles. The number of ether oxygens (including phenoxy) is 1. The molecule has 0 saturated carbocycles. The molecule has 0 unspecified atom stereocenters. The number of hydrogen-bond acceptors (Lipinski definition) is 2. The Morgan fingerprint density at radius 3 is 1.69 bits per heavy atom. The Labute approximate surface area is 223 Å². The van der Waals surface area contributed by atoms with E-state index in [9.17, 15) is 0 Å². The van der Waals surface area contributed by atoms with Gasteiger partial charge in [-0.3, -0.25) is 0 Å². The topological polar surface area (TPSA) is 21.3 Å². The van der Waals surface area contributed by atoms with Crippen LogP contribution in [0.4, 0.5) is 11.4 Å². The summed E-state index contributed by atoms with van der Waals surface area (Å²) in [5.41, 5.74) is 5.06. The third-order valence-electron chi connectivity index (χ3n) is 7.18. The standard InChI is InChI=1S/C34H55NO/c1-4-7-10-12-13-14-15-16-17-18-20-30-22-25-32(26-23-30)35-33-27-24-31(21-19-11-8-5-2)34(29-33)36-28-9-6-3/h22-27,29,35H,4-21,28H2,1-3H3. The number of nitrogens with one attached hydrogen (secondary N) is 1. The summed E-state index contributed by atoms with van der Waals surface area (Å²) in [6.07, 6.45) is 23.7. The molecule has 2 aromatic carbocycles.